The van der Waals surface area contributed by atoms with E-state index in [9.17, 15) is 9.18 Å². The minimum Gasteiger partial charge on any atom is -0.320 e. The van der Waals surface area contributed by atoms with Gasteiger partial charge in [0.05, 0.1) is 12.2 Å². The van der Waals surface area contributed by atoms with E-state index in [1.165, 1.54) is 28.4 Å². The molecule has 0 aliphatic rings. The van der Waals surface area contributed by atoms with E-state index < -0.39 is 0 Å². The lowest BCUT2D eigenvalue weighted by Gasteiger charge is -2.15. The molecular weight excluding hydrogens is 391 g/mol. The van der Waals surface area contributed by atoms with Crippen LogP contribution >= 0.6 is 11.3 Å². The summed E-state index contributed by atoms with van der Waals surface area (Å²) in [4.78, 5) is 19.6. The number of aromatic nitrogens is 4. The molecule has 4 rings (SSSR count). The van der Waals surface area contributed by atoms with Gasteiger partial charge in [-0.15, -0.1) is 21.5 Å². The molecule has 2 amide bonds. The molecular formula is C20H19FN6OS. The van der Waals surface area contributed by atoms with E-state index in [1.807, 2.05) is 35.7 Å². The van der Waals surface area contributed by atoms with E-state index in [-0.39, 0.29) is 11.8 Å². The monoisotopic (exact) mass is 410 g/mol. The number of hydrogen-bond acceptors (Lipinski definition) is 5. The van der Waals surface area contributed by atoms with Crippen LogP contribution in [-0.4, -0.2) is 37.6 Å². The van der Waals surface area contributed by atoms with E-state index in [0.717, 1.165) is 21.8 Å². The van der Waals surface area contributed by atoms with Crippen molar-refractivity contribution in [3.05, 3.63) is 76.4 Å². The number of rotatable bonds is 5. The quantitative estimate of drug-likeness (QED) is 0.542. The number of halogens is 1. The molecule has 29 heavy (non-hydrogen) atoms. The number of urea groups is 1. The molecule has 1 N–H and O–H groups in total. The van der Waals surface area contributed by atoms with Gasteiger partial charge in [-0.05, 0) is 36.8 Å². The normalized spacial score (nSPS) is 11.0. The maximum absolute atomic E-state index is 13.1. The molecule has 3 aromatic heterocycles. The second kappa shape index (κ2) is 7.96. The first-order valence-corrected chi connectivity index (χ1v) is 9.83. The molecule has 7 nitrogen and oxygen atoms in total. The first kappa shape index (κ1) is 19.0. The molecule has 0 fully saturated rings. The molecule has 3 heterocycles. The molecule has 0 aliphatic carbocycles. The molecule has 0 saturated carbocycles. The molecule has 0 aliphatic heterocycles. The number of nitrogens with one attached hydrogen (secondary N) is 1. The molecule has 9 heteroatoms. The highest BCUT2D eigenvalue weighted by atomic mass is 32.1. The predicted molar refractivity (Wildman–Crippen MR) is 110 cm³/mol. The molecule has 0 unspecified atom stereocenters. The Kier molecular flexibility index (Phi) is 5.22. The first-order chi connectivity index (χ1) is 14.0. The number of carbonyl (C=O) groups is 1. The van der Waals surface area contributed by atoms with Crippen LogP contribution in [0.4, 0.5) is 14.3 Å². The number of amides is 2. The standard InChI is InChI=1S/C20H19FN6OS/c1-13-16(11-14-6-8-15(21)9-7-14)29-19(22-13)23-20(28)26(2)12-18-25-24-17-5-3-4-10-27(17)18/h3-10H,11-12H2,1-2H3,(H,22,23,28). The summed E-state index contributed by atoms with van der Waals surface area (Å²) >= 11 is 1.42. The minimum atomic E-state index is -0.278. The highest BCUT2D eigenvalue weighted by molar-refractivity contribution is 7.15. The predicted octanol–water partition coefficient (Wildman–Crippen LogP) is 3.89. The van der Waals surface area contributed by atoms with Gasteiger partial charge < -0.3 is 4.90 Å². The van der Waals surface area contributed by atoms with Crippen molar-refractivity contribution in [1.82, 2.24) is 24.5 Å². The van der Waals surface area contributed by atoms with Crippen LogP contribution in [0.1, 0.15) is 22.0 Å². The second-order valence-corrected chi connectivity index (χ2v) is 7.75. The largest absolute Gasteiger partial charge is 0.323 e. The Morgan fingerprint density at radius 3 is 2.79 bits per heavy atom. The Labute approximate surface area is 170 Å². The van der Waals surface area contributed by atoms with Crippen LogP contribution in [0.15, 0.2) is 48.7 Å². The van der Waals surface area contributed by atoms with E-state index in [1.54, 1.807) is 19.2 Å². The van der Waals surface area contributed by atoms with Gasteiger partial charge in [0.1, 0.15) is 5.82 Å². The van der Waals surface area contributed by atoms with Gasteiger partial charge in [0.25, 0.3) is 0 Å². The number of benzene rings is 1. The molecule has 148 valence electrons. The number of carbonyl (C=O) groups excluding carboxylic acids is 1. The van der Waals surface area contributed by atoms with E-state index in [2.05, 4.69) is 20.5 Å². The maximum Gasteiger partial charge on any atom is 0.323 e. The number of thiazole rings is 1. The summed E-state index contributed by atoms with van der Waals surface area (Å²) in [6.45, 7) is 2.21. The Morgan fingerprint density at radius 1 is 1.21 bits per heavy atom. The molecule has 0 radical (unpaired) electrons. The Morgan fingerprint density at radius 2 is 2.00 bits per heavy atom. The van der Waals surface area contributed by atoms with Gasteiger partial charge in [0.2, 0.25) is 0 Å². The number of fused-ring (bicyclic) bond motifs is 1. The molecule has 0 saturated heterocycles. The van der Waals surface area contributed by atoms with Crippen molar-refractivity contribution in [1.29, 1.82) is 0 Å². The van der Waals surface area contributed by atoms with Gasteiger partial charge in [-0.25, -0.2) is 14.2 Å². The second-order valence-electron chi connectivity index (χ2n) is 6.66. The summed E-state index contributed by atoms with van der Waals surface area (Å²) in [6.07, 6.45) is 2.50. The Hall–Kier alpha value is -3.33. The number of anilines is 1. The number of pyridine rings is 1. The fourth-order valence-corrected chi connectivity index (χ4v) is 3.89. The average Bonchev–Trinajstić information content (AvgIpc) is 3.27. The van der Waals surface area contributed by atoms with Crippen molar-refractivity contribution in [3.63, 3.8) is 0 Å². The SMILES string of the molecule is Cc1nc(NC(=O)N(C)Cc2nnc3ccccn23)sc1Cc1ccc(F)cc1. The molecule has 4 aromatic rings. The van der Waals surface area contributed by atoms with Crippen LogP contribution in [0, 0.1) is 12.7 Å². The number of nitrogens with zero attached hydrogens (tertiary/aromatic N) is 5. The smallest absolute Gasteiger partial charge is 0.320 e. The van der Waals surface area contributed by atoms with E-state index in [4.69, 9.17) is 0 Å². The Balaban J connectivity index is 1.42. The summed E-state index contributed by atoms with van der Waals surface area (Å²) in [7, 11) is 1.69. The fourth-order valence-electron chi connectivity index (χ4n) is 2.90. The van der Waals surface area contributed by atoms with Crippen molar-refractivity contribution in [3.8, 4) is 0 Å². The lowest BCUT2D eigenvalue weighted by Crippen LogP contribution is -2.31. The summed E-state index contributed by atoms with van der Waals surface area (Å²) in [5, 5.41) is 11.6. The Bertz CT molecular complexity index is 1150. The molecule has 1 aromatic carbocycles. The van der Waals surface area contributed by atoms with Gasteiger partial charge in [-0.3, -0.25) is 9.72 Å². The number of hydrogen-bond donors (Lipinski definition) is 1. The third-order valence-electron chi connectivity index (χ3n) is 4.49. The fraction of sp³-hybridized carbons (Fsp3) is 0.200. The van der Waals surface area contributed by atoms with Gasteiger partial charge >= 0.3 is 6.03 Å². The zero-order valence-electron chi connectivity index (χ0n) is 16.0. The topological polar surface area (TPSA) is 75.4 Å². The van der Waals surface area contributed by atoms with Gasteiger partial charge in [-0.1, -0.05) is 18.2 Å². The van der Waals surface area contributed by atoms with Gasteiger partial charge in [-0.2, -0.15) is 0 Å². The summed E-state index contributed by atoms with van der Waals surface area (Å²) < 4.78 is 14.9. The number of aryl methyl sites for hydroxylation is 1. The van der Waals surface area contributed by atoms with Crippen molar-refractivity contribution in [2.45, 2.75) is 19.9 Å². The average molecular weight is 410 g/mol. The highest BCUT2D eigenvalue weighted by Crippen LogP contribution is 2.25. The molecule has 0 bridgehead atoms. The lowest BCUT2D eigenvalue weighted by atomic mass is 10.1. The van der Waals surface area contributed by atoms with Gasteiger partial charge in [0, 0.05) is 24.5 Å². The van der Waals surface area contributed by atoms with Crippen molar-refractivity contribution in [2.24, 2.45) is 0 Å². The first-order valence-electron chi connectivity index (χ1n) is 9.01. The highest BCUT2D eigenvalue weighted by Gasteiger charge is 2.16. The maximum atomic E-state index is 13.1. The lowest BCUT2D eigenvalue weighted by molar-refractivity contribution is 0.219. The molecule has 0 atom stereocenters. The van der Waals surface area contributed by atoms with Crippen LogP contribution in [0.5, 0.6) is 0 Å². The zero-order valence-corrected chi connectivity index (χ0v) is 16.8. The van der Waals surface area contributed by atoms with Crippen LogP contribution in [0.25, 0.3) is 5.65 Å². The molecule has 0 spiro atoms. The van der Waals surface area contributed by atoms with Crippen LogP contribution in [0.3, 0.4) is 0 Å². The van der Waals surface area contributed by atoms with E-state index >= 15 is 0 Å². The summed E-state index contributed by atoms with van der Waals surface area (Å²) in [6, 6.07) is 11.7. The summed E-state index contributed by atoms with van der Waals surface area (Å²) in [5.41, 5.74) is 2.57. The van der Waals surface area contributed by atoms with Crippen LogP contribution in [0.2, 0.25) is 0 Å². The van der Waals surface area contributed by atoms with Crippen molar-refractivity contribution in [2.75, 3.05) is 12.4 Å². The third kappa shape index (κ3) is 4.24. The van der Waals surface area contributed by atoms with Crippen molar-refractivity contribution >= 4 is 28.1 Å². The van der Waals surface area contributed by atoms with Gasteiger partial charge in [0.15, 0.2) is 16.6 Å². The zero-order chi connectivity index (χ0) is 20.4. The van der Waals surface area contributed by atoms with Crippen LogP contribution in [-0.2, 0) is 13.0 Å². The minimum absolute atomic E-state index is 0.258. The van der Waals surface area contributed by atoms with Crippen molar-refractivity contribution < 1.29 is 9.18 Å². The summed E-state index contributed by atoms with van der Waals surface area (Å²) in [5.74, 6) is 0.414. The van der Waals surface area contributed by atoms with Crippen LogP contribution < -0.4 is 5.32 Å². The third-order valence-corrected chi connectivity index (χ3v) is 5.57. The van der Waals surface area contributed by atoms with E-state index in [0.29, 0.717) is 23.9 Å².